The average Bonchev–Trinajstić information content (AvgIpc) is 2.62. The van der Waals surface area contributed by atoms with Crippen LogP contribution in [0.15, 0.2) is 16.5 Å². The van der Waals surface area contributed by atoms with E-state index in [0.717, 1.165) is 12.2 Å². The topological polar surface area (TPSA) is 42.6 Å². The van der Waals surface area contributed by atoms with Crippen LogP contribution in [0.1, 0.15) is 31.9 Å². The largest absolute Gasteiger partial charge is 0.463 e. The molecule has 1 aromatic heterocycles. The molecule has 13 heavy (non-hydrogen) atoms. The van der Waals surface area contributed by atoms with Crippen molar-refractivity contribution < 1.29 is 14.3 Å². The van der Waals surface area contributed by atoms with Crippen molar-refractivity contribution in [1.82, 2.24) is 0 Å². The van der Waals surface area contributed by atoms with Crippen molar-refractivity contribution in [2.24, 2.45) is 0 Å². The first-order valence-corrected chi connectivity index (χ1v) is 4.61. The van der Waals surface area contributed by atoms with Gasteiger partial charge in [-0.2, -0.15) is 0 Å². The summed E-state index contributed by atoms with van der Waals surface area (Å²) in [6, 6.07) is 3.71. The summed E-state index contributed by atoms with van der Waals surface area (Å²) >= 11 is 0. The molecule has 0 amide bonds. The van der Waals surface area contributed by atoms with Crippen molar-refractivity contribution in [2.75, 3.05) is 13.2 Å². The van der Waals surface area contributed by atoms with Crippen LogP contribution in [0.3, 0.4) is 0 Å². The van der Waals surface area contributed by atoms with E-state index in [2.05, 4.69) is 13.8 Å². The van der Waals surface area contributed by atoms with Crippen LogP contribution in [0.4, 0.5) is 0 Å². The fourth-order valence-electron chi connectivity index (χ4n) is 1.02. The summed E-state index contributed by atoms with van der Waals surface area (Å²) in [5.74, 6) is 1.85. The molecule has 0 fully saturated rings. The Kier molecular flexibility index (Phi) is 3.83. The fourth-order valence-corrected chi connectivity index (χ4v) is 1.02. The normalized spacial score (nSPS) is 12.8. The maximum Gasteiger partial charge on any atom is 0.284 e. The van der Waals surface area contributed by atoms with Gasteiger partial charge >= 0.3 is 0 Å². The first kappa shape index (κ1) is 10.1. The van der Waals surface area contributed by atoms with Crippen molar-refractivity contribution in [3.05, 3.63) is 17.9 Å². The fraction of sp³-hybridized carbons (Fsp3) is 0.600. The molecule has 3 heteroatoms. The molecule has 1 rings (SSSR count). The van der Waals surface area contributed by atoms with Gasteiger partial charge in [-0.1, -0.05) is 13.8 Å². The Bertz CT molecular complexity index is 242. The molecule has 0 saturated carbocycles. The Balaban J connectivity index is 2.53. The van der Waals surface area contributed by atoms with Crippen LogP contribution in [0, 0.1) is 0 Å². The van der Waals surface area contributed by atoms with Gasteiger partial charge in [0.1, 0.15) is 12.4 Å². The summed E-state index contributed by atoms with van der Waals surface area (Å²) in [5.41, 5.74) is 0. The molecule has 74 valence electrons. The van der Waals surface area contributed by atoms with Crippen molar-refractivity contribution in [2.45, 2.75) is 26.2 Å². The molecular weight excluding hydrogens is 168 g/mol. The quantitative estimate of drug-likeness (QED) is 0.762. The van der Waals surface area contributed by atoms with Gasteiger partial charge in [0.2, 0.25) is 0 Å². The van der Waals surface area contributed by atoms with Crippen LogP contribution in [0.5, 0.6) is 5.95 Å². The third-order valence-corrected chi connectivity index (χ3v) is 2.04. The maximum atomic E-state index is 8.52. The van der Waals surface area contributed by atoms with E-state index in [9.17, 15) is 0 Å². The molecule has 1 aromatic rings. The van der Waals surface area contributed by atoms with E-state index >= 15 is 0 Å². The lowest BCUT2D eigenvalue weighted by Crippen LogP contribution is -2.00. The van der Waals surface area contributed by atoms with Gasteiger partial charge in [0.15, 0.2) is 0 Å². The predicted molar refractivity (Wildman–Crippen MR) is 50.0 cm³/mol. The van der Waals surface area contributed by atoms with Gasteiger partial charge in [-0.15, -0.1) is 0 Å². The number of aliphatic hydroxyl groups is 1. The van der Waals surface area contributed by atoms with Gasteiger partial charge in [0.05, 0.1) is 6.61 Å². The van der Waals surface area contributed by atoms with Crippen molar-refractivity contribution >= 4 is 0 Å². The standard InChI is InChI=1S/C10H16O3/c1-3-8(2)9-4-5-10(13-9)12-7-6-11/h4-5,8,11H,3,6-7H2,1-2H3. The lowest BCUT2D eigenvalue weighted by Gasteiger charge is -2.03. The molecule has 3 nitrogen and oxygen atoms in total. The molecule has 0 bridgehead atoms. The average molecular weight is 184 g/mol. The van der Waals surface area contributed by atoms with Gasteiger partial charge < -0.3 is 14.3 Å². The van der Waals surface area contributed by atoms with Crippen molar-refractivity contribution in [3.8, 4) is 5.95 Å². The Morgan fingerprint density at radius 2 is 2.31 bits per heavy atom. The number of rotatable bonds is 5. The number of aliphatic hydroxyl groups excluding tert-OH is 1. The molecule has 0 aliphatic rings. The lowest BCUT2D eigenvalue weighted by molar-refractivity contribution is 0.168. The highest BCUT2D eigenvalue weighted by Crippen LogP contribution is 2.24. The Morgan fingerprint density at radius 1 is 1.54 bits per heavy atom. The highest BCUT2D eigenvalue weighted by atomic mass is 16.6. The minimum absolute atomic E-state index is 0.0133. The van der Waals surface area contributed by atoms with Crippen LogP contribution >= 0.6 is 0 Å². The molecule has 1 heterocycles. The zero-order chi connectivity index (χ0) is 9.68. The summed E-state index contributed by atoms with van der Waals surface area (Å²) < 4.78 is 10.5. The Morgan fingerprint density at radius 3 is 2.92 bits per heavy atom. The number of hydrogen-bond acceptors (Lipinski definition) is 3. The molecule has 1 unspecified atom stereocenters. The zero-order valence-electron chi connectivity index (χ0n) is 8.12. The summed E-state index contributed by atoms with van der Waals surface area (Å²) in [6.45, 7) is 4.52. The van der Waals surface area contributed by atoms with E-state index in [-0.39, 0.29) is 13.2 Å². The third kappa shape index (κ3) is 2.77. The van der Waals surface area contributed by atoms with E-state index in [1.54, 1.807) is 6.07 Å². The Hall–Kier alpha value is -0.960. The summed E-state index contributed by atoms with van der Waals surface area (Å²) in [6.07, 6.45) is 1.05. The van der Waals surface area contributed by atoms with Crippen LogP contribution < -0.4 is 4.74 Å². The summed E-state index contributed by atoms with van der Waals surface area (Å²) in [4.78, 5) is 0. The second kappa shape index (κ2) is 4.92. The first-order chi connectivity index (χ1) is 6.27. The number of ether oxygens (including phenoxy) is 1. The molecule has 1 N–H and O–H groups in total. The smallest absolute Gasteiger partial charge is 0.284 e. The zero-order valence-corrected chi connectivity index (χ0v) is 8.12. The monoisotopic (exact) mass is 184 g/mol. The third-order valence-electron chi connectivity index (χ3n) is 2.04. The van der Waals surface area contributed by atoms with Crippen LogP contribution in [0.25, 0.3) is 0 Å². The van der Waals surface area contributed by atoms with Gasteiger partial charge in [-0.05, 0) is 12.5 Å². The van der Waals surface area contributed by atoms with Crippen LogP contribution in [0.2, 0.25) is 0 Å². The minimum Gasteiger partial charge on any atom is -0.463 e. The second-order valence-electron chi connectivity index (χ2n) is 3.04. The van der Waals surface area contributed by atoms with Gasteiger partial charge in [0, 0.05) is 12.0 Å². The van der Waals surface area contributed by atoms with E-state index in [0.29, 0.717) is 11.9 Å². The summed E-state index contributed by atoms with van der Waals surface area (Å²) in [7, 11) is 0. The van der Waals surface area contributed by atoms with Crippen LogP contribution in [-0.2, 0) is 0 Å². The van der Waals surface area contributed by atoms with Crippen molar-refractivity contribution in [1.29, 1.82) is 0 Å². The highest BCUT2D eigenvalue weighted by molar-refractivity contribution is 5.14. The lowest BCUT2D eigenvalue weighted by atomic mass is 10.1. The van der Waals surface area contributed by atoms with E-state index in [1.165, 1.54) is 0 Å². The second-order valence-corrected chi connectivity index (χ2v) is 3.04. The molecule has 0 aromatic carbocycles. The van der Waals surface area contributed by atoms with E-state index < -0.39 is 0 Å². The predicted octanol–water partition coefficient (Wildman–Crippen LogP) is 2.16. The van der Waals surface area contributed by atoms with E-state index in [1.807, 2.05) is 6.07 Å². The number of hydrogen-bond donors (Lipinski definition) is 1. The number of furan rings is 1. The maximum absolute atomic E-state index is 8.52. The molecular formula is C10H16O3. The molecule has 0 radical (unpaired) electrons. The summed E-state index contributed by atoms with van der Waals surface area (Å²) in [5, 5.41) is 8.52. The van der Waals surface area contributed by atoms with Crippen LogP contribution in [-0.4, -0.2) is 18.3 Å². The highest BCUT2D eigenvalue weighted by Gasteiger charge is 2.08. The molecule has 0 saturated heterocycles. The van der Waals surface area contributed by atoms with Gasteiger partial charge in [-0.25, -0.2) is 0 Å². The SMILES string of the molecule is CCC(C)c1ccc(OCCO)o1. The first-order valence-electron chi connectivity index (χ1n) is 4.61. The molecule has 1 atom stereocenters. The molecule has 0 aliphatic heterocycles. The van der Waals surface area contributed by atoms with E-state index in [4.69, 9.17) is 14.3 Å². The van der Waals surface area contributed by atoms with Gasteiger partial charge in [-0.3, -0.25) is 0 Å². The molecule has 0 aliphatic carbocycles. The minimum atomic E-state index is 0.0133. The van der Waals surface area contributed by atoms with Gasteiger partial charge in [0.25, 0.3) is 5.95 Å². The molecule has 0 spiro atoms. The van der Waals surface area contributed by atoms with Crippen molar-refractivity contribution in [3.63, 3.8) is 0 Å². The Labute approximate surface area is 78.3 Å².